The topological polar surface area (TPSA) is 32.3 Å². The molecule has 2 rings (SSSR count). The minimum absolute atomic E-state index is 0.0925. The highest BCUT2D eigenvalue weighted by atomic mass is 19.4. The van der Waals surface area contributed by atoms with Crippen molar-refractivity contribution in [3.63, 3.8) is 0 Å². The first-order chi connectivity index (χ1) is 8.90. The summed E-state index contributed by atoms with van der Waals surface area (Å²) >= 11 is 0. The zero-order valence-electron chi connectivity index (χ0n) is 11.2. The van der Waals surface area contributed by atoms with E-state index >= 15 is 0 Å². The number of hydrogen-bond acceptors (Lipinski definition) is 2. The highest BCUT2D eigenvalue weighted by molar-refractivity contribution is 5.80. The summed E-state index contributed by atoms with van der Waals surface area (Å²) in [7, 11) is 0. The van der Waals surface area contributed by atoms with E-state index in [9.17, 15) is 18.0 Å². The van der Waals surface area contributed by atoms with Gasteiger partial charge in [-0.3, -0.25) is 4.79 Å². The minimum Gasteiger partial charge on any atom is -0.333 e. The highest BCUT2D eigenvalue weighted by Crippen LogP contribution is 2.34. The van der Waals surface area contributed by atoms with Crippen LogP contribution in [0, 0.1) is 5.92 Å². The molecular formula is C13H21F3N2O. The zero-order chi connectivity index (χ0) is 14.0. The van der Waals surface area contributed by atoms with E-state index in [1.165, 1.54) is 0 Å². The lowest BCUT2D eigenvalue weighted by Gasteiger charge is -2.29. The predicted octanol–water partition coefficient (Wildman–Crippen LogP) is 2.32. The van der Waals surface area contributed by atoms with E-state index < -0.39 is 12.7 Å². The minimum atomic E-state index is -4.31. The molecule has 2 saturated heterocycles. The Balaban J connectivity index is 1.98. The van der Waals surface area contributed by atoms with E-state index in [0.29, 0.717) is 18.9 Å². The molecule has 0 radical (unpaired) electrons. The van der Waals surface area contributed by atoms with Crippen LogP contribution in [0.2, 0.25) is 0 Å². The van der Waals surface area contributed by atoms with Gasteiger partial charge in [-0.2, -0.15) is 13.2 Å². The molecule has 0 aromatic rings. The second kappa shape index (κ2) is 5.69. The SMILES string of the molecule is CCCCN(CC(F)(F)F)C(=O)C1CC2CCC1N2. The van der Waals surface area contributed by atoms with Gasteiger partial charge >= 0.3 is 6.18 Å². The van der Waals surface area contributed by atoms with Gasteiger partial charge in [-0.15, -0.1) is 0 Å². The molecule has 0 saturated carbocycles. The number of carbonyl (C=O) groups excluding carboxylic acids is 1. The molecule has 110 valence electrons. The van der Waals surface area contributed by atoms with Gasteiger partial charge in [0.2, 0.25) is 5.91 Å². The van der Waals surface area contributed by atoms with Crippen LogP contribution in [0.3, 0.4) is 0 Å². The maximum absolute atomic E-state index is 12.6. The number of rotatable bonds is 5. The van der Waals surface area contributed by atoms with Gasteiger partial charge in [-0.1, -0.05) is 13.3 Å². The summed E-state index contributed by atoms with van der Waals surface area (Å²) in [5.74, 6) is -0.566. The second-order valence-corrected chi connectivity index (χ2v) is 5.62. The number of fused-ring (bicyclic) bond motifs is 2. The molecule has 2 fully saturated rings. The number of alkyl halides is 3. The quantitative estimate of drug-likeness (QED) is 0.837. The molecule has 2 bridgehead atoms. The zero-order valence-corrected chi connectivity index (χ0v) is 11.2. The van der Waals surface area contributed by atoms with Gasteiger partial charge in [0.15, 0.2) is 0 Å². The lowest BCUT2D eigenvalue weighted by molar-refractivity contribution is -0.164. The van der Waals surface area contributed by atoms with Crippen molar-refractivity contribution in [2.45, 2.75) is 57.3 Å². The first-order valence-electron chi connectivity index (χ1n) is 7.02. The Morgan fingerprint density at radius 2 is 2.11 bits per heavy atom. The number of carbonyl (C=O) groups is 1. The first-order valence-corrected chi connectivity index (χ1v) is 7.02. The molecule has 1 N–H and O–H groups in total. The fraction of sp³-hybridized carbons (Fsp3) is 0.923. The molecule has 1 amide bonds. The molecule has 2 heterocycles. The molecule has 0 aliphatic carbocycles. The van der Waals surface area contributed by atoms with Crippen molar-refractivity contribution < 1.29 is 18.0 Å². The van der Waals surface area contributed by atoms with Crippen molar-refractivity contribution in [3.8, 4) is 0 Å². The normalized spacial score (nSPS) is 29.8. The number of unbranched alkanes of at least 4 members (excludes halogenated alkanes) is 1. The van der Waals surface area contributed by atoms with E-state index in [1.807, 2.05) is 6.92 Å². The first kappa shape index (κ1) is 14.6. The molecule has 0 spiro atoms. The van der Waals surface area contributed by atoms with Crippen molar-refractivity contribution in [1.82, 2.24) is 10.2 Å². The van der Waals surface area contributed by atoms with E-state index in [-0.39, 0.29) is 24.4 Å². The summed E-state index contributed by atoms with van der Waals surface area (Å²) in [5, 5.41) is 3.30. The van der Waals surface area contributed by atoms with Crippen LogP contribution in [0.25, 0.3) is 0 Å². The van der Waals surface area contributed by atoms with Crippen molar-refractivity contribution >= 4 is 5.91 Å². The number of nitrogens with one attached hydrogen (secondary N) is 1. The fourth-order valence-corrected chi connectivity index (χ4v) is 3.16. The molecule has 2 aliphatic heterocycles. The summed E-state index contributed by atoms with van der Waals surface area (Å²) in [4.78, 5) is 13.3. The predicted molar refractivity (Wildman–Crippen MR) is 65.6 cm³/mol. The number of hydrogen-bond donors (Lipinski definition) is 1. The number of nitrogens with zero attached hydrogens (tertiary/aromatic N) is 1. The lowest BCUT2D eigenvalue weighted by Crippen LogP contribution is -2.45. The van der Waals surface area contributed by atoms with Crippen molar-refractivity contribution in [1.29, 1.82) is 0 Å². The van der Waals surface area contributed by atoms with Crippen molar-refractivity contribution in [2.24, 2.45) is 5.92 Å². The molecule has 3 nitrogen and oxygen atoms in total. The van der Waals surface area contributed by atoms with Gasteiger partial charge < -0.3 is 10.2 Å². The van der Waals surface area contributed by atoms with E-state index in [1.54, 1.807) is 0 Å². The third-order valence-electron chi connectivity index (χ3n) is 4.08. The molecule has 2 aliphatic rings. The van der Waals surface area contributed by atoms with E-state index in [4.69, 9.17) is 0 Å². The van der Waals surface area contributed by atoms with Crippen molar-refractivity contribution in [3.05, 3.63) is 0 Å². The third-order valence-corrected chi connectivity index (χ3v) is 4.08. The van der Waals surface area contributed by atoms with Gasteiger partial charge in [-0.05, 0) is 25.7 Å². The highest BCUT2D eigenvalue weighted by Gasteiger charge is 2.45. The third kappa shape index (κ3) is 3.61. The summed E-state index contributed by atoms with van der Waals surface area (Å²) in [5.41, 5.74) is 0. The van der Waals surface area contributed by atoms with Crippen LogP contribution >= 0.6 is 0 Å². The Kier molecular flexibility index (Phi) is 4.38. The van der Waals surface area contributed by atoms with Gasteiger partial charge in [0, 0.05) is 18.6 Å². The summed E-state index contributed by atoms with van der Waals surface area (Å²) < 4.78 is 37.7. The Morgan fingerprint density at radius 3 is 2.58 bits per heavy atom. The molecule has 19 heavy (non-hydrogen) atoms. The van der Waals surface area contributed by atoms with Gasteiger partial charge in [0.1, 0.15) is 6.54 Å². The fourth-order valence-electron chi connectivity index (χ4n) is 3.16. The maximum Gasteiger partial charge on any atom is 0.406 e. The molecule has 0 aromatic carbocycles. The van der Waals surface area contributed by atoms with E-state index in [0.717, 1.165) is 24.2 Å². The Labute approximate surface area is 111 Å². The van der Waals surface area contributed by atoms with Crippen LogP contribution in [0.4, 0.5) is 13.2 Å². The Hall–Kier alpha value is -0.780. The molecule has 6 heteroatoms. The van der Waals surface area contributed by atoms with E-state index in [2.05, 4.69) is 5.32 Å². The van der Waals surface area contributed by atoms with Crippen LogP contribution in [-0.2, 0) is 4.79 Å². The molecular weight excluding hydrogens is 257 g/mol. The largest absolute Gasteiger partial charge is 0.406 e. The smallest absolute Gasteiger partial charge is 0.333 e. The number of halogens is 3. The van der Waals surface area contributed by atoms with Crippen LogP contribution in [0.5, 0.6) is 0 Å². The number of amides is 1. The maximum atomic E-state index is 12.6. The average Bonchev–Trinajstić information content (AvgIpc) is 2.94. The monoisotopic (exact) mass is 278 g/mol. The van der Waals surface area contributed by atoms with Crippen LogP contribution in [-0.4, -0.2) is 42.2 Å². The Morgan fingerprint density at radius 1 is 1.37 bits per heavy atom. The summed E-state index contributed by atoms with van der Waals surface area (Å²) in [6, 6.07) is 0.424. The standard InChI is InChI=1S/C13H21F3N2O/c1-2-3-6-18(8-13(14,15)16)12(19)10-7-9-4-5-11(10)17-9/h9-11,17H,2-8H2,1H3. The lowest BCUT2D eigenvalue weighted by atomic mass is 9.88. The van der Waals surface area contributed by atoms with Crippen LogP contribution in [0.1, 0.15) is 39.0 Å². The molecule has 3 unspecified atom stereocenters. The van der Waals surface area contributed by atoms with Crippen molar-refractivity contribution in [2.75, 3.05) is 13.1 Å². The summed E-state index contributed by atoms with van der Waals surface area (Å²) in [6.07, 6.45) is -0.248. The van der Waals surface area contributed by atoms with Gasteiger partial charge in [0.05, 0.1) is 5.92 Å². The average molecular weight is 278 g/mol. The molecule has 3 atom stereocenters. The van der Waals surface area contributed by atoms with Crippen LogP contribution < -0.4 is 5.32 Å². The molecule has 0 aromatic heterocycles. The summed E-state index contributed by atoms with van der Waals surface area (Å²) in [6.45, 7) is 1.01. The second-order valence-electron chi connectivity index (χ2n) is 5.62. The van der Waals surface area contributed by atoms with Crippen LogP contribution in [0.15, 0.2) is 0 Å². The van der Waals surface area contributed by atoms with Gasteiger partial charge in [0.25, 0.3) is 0 Å². The Bertz CT molecular complexity index is 332. The van der Waals surface area contributed by atoms with Gasteiger partial charge in [-0.25, -0.2) is 0 Å².